The average Bonchev–Trinajstić information content (AvgIpc) is 3.42. The van der Waals surface area contributed by atoms with Crippen LogP contribution in [0.15, 0.2) is 24.3 Å². The second kappa shape index (κ2) is 8.57. The summed E-state index contributed by atoms with van der Waals surface area (Å²) in [6.07, 6.45) is 7.28. The highest BCUT2D eigenvalue weighted by atomic mass is 35.5. The number of aromatic nitrogens is 2. The van der Waals surface area contributed by atoms with E-state index in [0.29, 0.717) is 28.1 Å². The standard InChI is InChI=1S/C20H23ClN4O2S/c21-14-7-3-8-15(12-14)22-18(27)20-24-23-19(28-20)16-9-4-10-25(16)17(26)11-13-5-1-2-6-13/h3,7-8,12-13,16H,1-2,4-6,9-11H2,(H,22,27)/t16-/m1/s1. The minimum atomic E-state index is -0.312. The van der Waals surface area contributed by atoms with Crippen molar-refractivity contribution >= 4 is 40.4 Å². The Labute approximate surface area is 173 Å². The number of anilines is 1. The first-order chi connectivity index (χ1) is 13.6. The Hall–Kier alpha value is -1.99. The lowest BCUT2D eigenvalue weighted by atomic mass is 10.0. The summed E-state index contributed by atoms with van der Waals surface area (Å²) in [5.74, 6) is 0.435. The molecule has 2 aliphatic rings. The summed E-state index contributed by atoms with van der Waals surface area (Å²) in [6.45, 7) is 0.764. The van der Waals surface area contributed by atoms with Crippen molar-refractivity contribution in [2.75, 3.05) is 11.9 Å². The van der Waals surface area contributed by atoms with Crippen LogP contribution in [0.5, 0.6) is 0 Å². The summed E-state index contributed by atoms with van der Waals surface area (Å²) in [4.78, 5) is 27.2. The SMILES string of the molecule is O=C(Nc1cccc(Cl)c1)c1nnc([C@H]2CCCN2C(=O)CC2CCCC2)s1. The number of carbonyl (C=O) groups excluding carboxylic acids is 2. The van der Waals surface area contributed by atoms with Crippen molar-refractivity contribution in [2.24, 2.45) is 5.92 Å². The van der Waals surface area contributed by atoms with Gasteiger partial charge in [0, 0.05) is 23.7 Å². The van der Waals surface area contributed by atoms with Crippen molar-refractivity contribution in [1.29, 1.82) is 0 Å². The van der Waals surface area contributed by atoms with E-state index < -0.39 is 0 Å². The van der Waals surface area contributed by atoms with Crippen molar-refractivity contribution in [3.05, 3.63) is 39.3 Å². The maximum Gasteiger partial charge on any atom is 0.286 e. The molecule has 148 valence electrons. The van der Waals surface area contributed by atoms with Crippen LogP contribution >= 0.6 is 22.9 Å². The number of nitrogens with zero attached hydrogens (tertiary/aromatic N) is 3. The van der Waals surface area contributed by atoms with Crippen molar-refractivity contribution in [3.63, 3.8) is 0 Å². The molecule has 1 saturated carbocycles. The molecule has 6 nitrogen and oxygen atoms in total. The Morgan fingerprint density at radius 2 is 2.00 bits per heavy atom. The molecule has 2 aromatic rings. The van der Waals surface area contributed by atoms with E-state index in [-0.39, 0.29) is 17.9 Å². The molecule has 0 radical (unpaired) electrons. The second-order valence-electron chi connectivity index (χ2n) is 7.51. The zero-order valence-electron chi connectivity index (χ0n) is 15.6. The number of likely N-dealkylation sites (tertiary alicyclic amines) is 1. The summed E-state index contributed by atoms with van der Waals surface area (Å²) >= 11 is 7.22. The second-order valence-corrected chi connectivity index (χ2v) is 8.96. The third-order valence-electron chi connectivity index (χ3n) is 5.51. The van der Waals surface area contributed by atoms with Crippen molar-refractivity contribution in [1.82, 2.24) is 15.1 Å². The maximum atomic E-state index is 12.8. The van der Waals surface area contributed by atoms with Crippen LogP contribution in [0.2, 0.25) is 5.02 Å². The number of amides is 2. The van der Waals surface area contributed by atoms with Gasteiger partial charge in [0.25, 0.3) is 5.91 Å². The molecule has 2 fully saturated rings. The largest absolute Gasteiger partial charge is 0.333 e. The number of benzene rings is 1. The first-order valence-electron chi connectivity index (χ1n) is 9.80. The van der Waals surface area contributed by atoms with Crippen LogP contribution in [0, 0.1) is 5.92 Å². The Morgan fingerprint density at radius 1 is 1.18 bits per heavy atom. The molecule has 1 aliphatic carbocycles. The lowest BCUT2D eigenvalue weighted by Gasteiger charge is -2.24. The highest BCUT2D eigenvalue weighted by Crippen LogP contribution is 2.36. The third kappa shape index (κ3) is 4.36. The lowest BCUT2D eigenvalue weighted by molar-refractivity contribution is -0.133. The van der Waals surface area contributed by atoms with E-state index in [4.69, 9.17) is 11.6 Å². The van der Waals surface area contributed by atoms with Crippen molar-refractivity contribution < 1.29 is 9.59 Å². The molecule has 1 aromatic carbocycles. The Balaban J connectivity index is 1.42. The molecule has 1 saturated heterocycles. The Bertz CT molecular complexity index is 865. The van der Waals surface area contributed by atoms with E-state index in [2.05, 4.69) is 15.5 Å². The van der Waals surface area contributed by atoms with Crippen molar-refractivity contribution in [3.8, 4) is 0 Å². The predicted molar refractivity (Wildman–Crippen MR) is 110 cm³/mol. The number of hydrogen-bond donors (Lipinski definition) is 1. The van der Waals surface area contributed by atoms with Crippen LogP contribution in [-0.2, 0) is 4.79 Å². The summed E-state index contributed by atoms with van der Waals surface area (Å²) in [5.41, 5.74) is 0.614. The van der Waals surface area contributed by atoms with Crippen LogP contribution in [0.3, 0.4) is 0 Å². The molecule has 0 unspecified atom stereocenters. The van der Waals surface area contributed by atoms with E-state index in [1.807, 2.05) is 4.90 Å². The minimum absolute atomic E-state index is 0.0564. The number of nitrogens with one attached hydrogen (secondary N) is 1. The molecule has 8 heteroatoms. The van der Waals surface area contributed by atoms with Gasteiger partial charge >= 0.3 is 0 Å². The lowest BCUT2D eigenvalue weighted by Crippen LogP contribution is -2.31. The first-order valence-corrected chi connectivity index (χ1v) is 11.0. The normalized spacial score (nSPS) is 19.9. The minimum Gasteiger partial charge on any atom is -0.333 e. The smallest absolute Gasteiger partial charge is 0.286 e. The van der Waals surface area contributed by atoms with Crippen LogP contribution in [0.1, 0.15) is 65.8 Å². The van der Waals surface area contributed by atoms with Crippen LogP contribution in [-0.4, -0.2) is 33.5 Å². The molecule has 2 amide bonds. The molecule has 1 atom stereocenters. The van der Waals surface area contributed by atoms with Crippen LogP contribution in [0.4, 0.5) is 5.69 Å². The van der Waals surface area contributed by atoms with Gasteiger partial charge in [-0.15, -0.1) is 10.2 Å². The summed E-state index contributed by atoms with van der Waals surface area (Å²) in [7, 11) is 0. The fourth-order valence-electron chi connectivity index (χ4n) is 4.11. The molecule has 0 bridgehead atoms. The quantitative estimate of drug-likeness (QED) is 0.764. The molecule has 4 rings (SSSR count). The zero-order valence-corrected chi connectivity index (χ0v) is 17.1. The van der Waals surface area contributed by atoms with Gasteiger partial charge in [-0.3, -0.25) is 9.59 Å². The van der Waals surface area contributed by atoms with Crippen LogP contribution < -0.4 is 5.32 Å². The topological polar surface area (TPSA) is 75.2 Å². The van der Waals surface area contributed by atoms with E-state index in [0.717, 1.165) is 37.2 Å². The van der Waals surface area contributed by atoms with Gasteiger partial charge in [-0.2, -0.15) is 0 Å². The van der Waals surface area contributed by atoms with E-state index in [9.17, 15) is 9.59 Å². The fourth-order valence-corrected chi connectivity index (χ4v) is 5.19. The maximum absolute atomic E-state index is 12.8. The van der Waals surface area contributed by atoms with Crippen molar-refractivity contribution in [2.45, 2.75) is 51.0 Å². The van der Waals surface area contributed by atoms with Crippen LogP contribution in [0.25, 0.3) is 0 Å². The molecular weight excluding hydrogens is 396 g/mol. The zero-order chi connectivity index (χ0) is 19.5. The van der Waals surface area contributed by atoms with Gasteiger partial charge in [0.15, 0.2) is 0 Å². The predicted octanol–water partition coefficient (Wildman–Crippen LogP) is 4.69. The highest BCUT2D eigenvalue weighted by molar-refractivity contribution is 7.13. The molecule has 1 aliphatic heterocycles. The summed E-state index contributed by atoms with van der Waals surface area (Å²) in [5, 5.41) is 12.7. The number of halogens is 1. The fraction of sp³-hybridized carbons (Fsp3) is 0.500. The number of carbonyl (C=O) groups is 2. The van der Waals surface area contributed by atoms with Gasteiger partial charge in [-0.25, -0.2) is 0 Å². The third-order valence-corrected chi connectivity index (χ3v) is 6.77. The van der Waals surface area contributed by atoms with E-state index >= 15 is 0 Å². The van der Waals surface area contributed by atoms with E-state index in [1.54, 1.807) is 24.3 Å². The first kappa shape index (κ1) is 19.3. The molecular formula is C20H23ClN4O2S. The number of rotatable bonds is 5. The van der Waals surface area contributed by atoms with E-state index in [1.165, 1.54) is 24.2 Å². The molecule has 2 heterocycles. The summed E-state index contributed by atoms with van der Waals surface area (Å²) in [6, 6.07) is 6.92. The van der Waals surface area contributed by atoms with Gasteiger partial charge in [-0.1, -0.05) is 41.8 Å². The summed E-state index contributed by atoms with van der Waals surface area (Å²) < 4.78 is 0. The Morgan fingerprint density at radius 3 is 2.79 bits per heavy atom. The van der Waals surface area contributed by atoms with Gasteiger partial charge in [0.1, 0.15) is 5.01 Å². The molecule has 28 heavy (non-hydrogen) atoms. The molecule has 1 N–H and O–H groups in total. The van der Waals surface area contributed by atoms with Gasteiger partial charge in [0.2, 0.25) is 10.9 Å². The van der Waals surface area contributed by atoms with Gasteiger partial charge in [0.05, 0.1) is 6.04 Å². The average molecular weight is 419 g/mol. The Kier molecular flexibility index (Phi) is 5.92. The van der Waals surface area contributed by atoms with Gasteiger partial charge in [-0.05, 0) is 49.8 Å². The highest BCUT2D eigenvalue weighted by Gasteiger charge is 2.34. The molecule has 0 spiro atoms. The monoisotopic (exact) mass is 418 g/mol. The van der Waals surface area contributed by atoms with Gasteiger partial charge < -0.3 is 10.2 Å². The molecule has 1 aromatic heterocycles. The number of hydrogen-bond acceptors (Lipinski definition) is 5.